The molecule has 1 N–H and O–H groups in total. The van der Waals surface area contributed by atoms with Gasteiger partial charge in [-0.1, -0.05) is 46.3 Å². The van der Waals surface area contributed by atoms with Gasteiger partial charge in [0.15, 0.2) is 0 Å². The number of hydrogen-bond donors (Lipinski definition) is 1. The molecule has 0 bridgehead atoms. The number of ether oxygens (including phenoxy) is 1. The van der Waals surface area contributed by atoms with Crippen molar-refractivity contribution in [2.45, 2.75) is 13.3 Å². The largest absolute Gasteiger partial charge is 0.493 e. The van der Waals surface area contributed by atoms with Crippen LogP contribution in [0.1, 0.15) is 18.1 Å². The first-order valence-corrected chi connectivity index (χ1v) is 8.40. The molecule has 0 aliphatic heterocycles. The summed E-state index contributed by atoms with van der Waals surface area (Å²) in [7, 11) is 0. The highest BCUT2D eigenvalue weighted by Gasteiger charge is 2.02. The zero-order valence-corrected chi connectivity index (χ0v) is 14.7. The second-order valence-electron chi connectivity index (χ2n) is 4.98. The Kier molecular flexibility index (Phi) is 6.88. The minimum absolute atomic E-state index is 0.108. The second kappa shape index (κ2) is 9.16. The molecule has 0 unspecified atom stereocenters. The normalized spacial score (nSPS) is 10.7. The number of carbonyl (C=O) groups excluding carboxylic acids is 1. The average molecular weight is 374 g/mol. The zero-order chi connectivity index (χ0) is 16.5. The quantitative estimate of drug-likeness (QED) is 0.737. The molecule has 0 spiro atoms. The van der Waals surface area contributed by atoms with Crippen LogP contribution in [-0.2, 0) is 11.2 Å². The molecule has 23 heavy (non-hydrogen) atoms. The predicted octanol–water partition coefficient (Wildman–Crippen LogP) is 4.22. The topological polar surface area (TPSA) is 38.3 Å². The Morgan fingerprint density at radius 1 is 1.22 bits per heavy atom. The fraction of sp³-hybridized carbons (Fsp3) is 0.211. The Morgan fingerprint density at radius 2 is 2.00 bits per heavy atom. The molecule has 0 heterocycles. The van der Waals surface area contributed by atoms with E-state index >= 15 is 0 Å². The van der Waals surface area contributed by atoms with E-state index in [0.29, 0.717) is 13.2 Å². The summed E-state index contributed by atoms with van der Waals surface area (Å²) < 4.78 is 6.51. The van der Waals surface area contributed by atoms with E-state index in [1.807, 2.05) is 43.3 Å². The van der Waals surface area contributed by atoms with Crippen molar-refractivity contribution in [2.75, 3.05) is 13.2 Å². The summed E-state index contributed by atoms with van der Waals surface area (Å²) in [6.07, 6.45) is 4.13. The van der Waals surface area contributed by atoms with Crippen LogP contribution in [0, 0.1) is 0 Å². The molecule has 3 nitrogen and oxygen atoms in total. The Hall–Kier alpha value is -2.07. The van der Waals surface area contributed by atoms with E-state index in [1.165, 1.54) is 11.6 Å². The maximum atomic E-state index is 11.9. The molecule has 1 amide bonds. The van der Waals surface area contributed by atoms with Crippen molar-refractivity contribution < 1.29 is 9.53 Å². The van der Waals surface area contributed by atoms with Crippen LogP contribution in [-0.4, -0.2) is 19.1 Å². The fourth-order valence-corrected chi connectivity index (χ4v) is 2.51. The number of nitrogens with one attached hydrogen (secondary N) is 1. The predicted molar refractivity (Wildman–Crippen MR) is 97.5 cm³/mol. The standard InChI is InChI=1S/C19H20BrNO2/c1-2-23-18-10-9-17(20)14-16(18)8-11-19(22)21-13-12-15-6-4-3-5-7-15/h3-11,14H,2,12-13H2,1H3,(H,21,22)/b11-8+. The van der Waals surface area contributed by atoms with Gasteiger partial charge in [-0.2, -0.15) is 0 Å². The molecule has 4 heteroatoms. The van der Waals surface area contributed by atoms with Crippen LogP contribution in [0.3, 0.4) is 0 Å². The van der Waals surface area contributed by atoms with E-state index in [4.69, 9.17) is 4.74 Å². The average Bonchev–Trinajstić information content (AvgIpc) is 2.56. The zero-order valence-electron chi connectivity index (χ0n) is 13.1. The third-order valence-corrected chi connectivity index (χ3v) is 3.73. The lowest BCUT2D eigenvalue weighted by molar-refractivity contribution is -0.116. The Labute approximate surface area is 145 Å². The molecule has 2 aromatic carbocycles. The van der Waals surface area contributed by atoms with E-state index in [-0.39, 0.29) is 5.91 Å². The van der Waals surface area contributed by atoms with Crippen LogP contribution < -0.4 is 10.1 Å². The van der Waals surface area contributed by atoms with Gasteiger partial charge in [-0.15, -0.1) is 0 Å². The summed E-state index contributed by atoms with van der Waals surface area (Å²) >= 11 is 3.43. The lowest BCUT2D eigenvalue weighted by atomic mass is 10.1. The number of hydrogen-bond acceptors (Lipinski definition) is 2. The molecule has 2 rings (SSSR count). The van der Waals surface area contributed by atoms with Gasteiger partial charge in [0.25, 0.3) is 0 Å². The highest BCUT2D eigenvalue weighted by Crippen LogP contribution is 2.24. The maximum Gasteiger partial charge on any atom is 0.244 e. The fourth-order valence-electron chi connectivity index (χ4n) is 2.14. The molecule has 0 fully saturated rings. The van der Waals surface area contributed by atoms with Crippen molar-refractivity contribution in [3.63, 3.8) is 0 Å². The minimum Gasteiger partial charge on any atom is -0.493 e. The molecule has 2 aromatic rings. The molecular formula is C19H20BrNO2. The van der Waals surface area contributed by atoms with Crippen molar-refractivity contribution in [1.29, 1.82) is 0 Å². The summed E-state index contributed by atoms with van der Waals surface area (Å²) in [5.74, 6) is 0.660. The number of amides is 1. The van der Waals surface area contributed by atoms with Gasteiger partial charge in [0.2, 0.25) is 5.91 Å². The minimum atomic E-state index is -0.108. The first kappa shape index (κ1) is 17.3. The highest BCUT2D eigenvalue weighted by atomic mass is 79.9. The van der Waals surface area contributed by atoms with Gasteiger partial charge in [0.1, 0.15) is 5.75 Å². The van der Waals surface area contributed by atoms with E-state index < -0.39 is 0 Å². The highest BCUT2D eigenvalue weighted by molar-refractivity contribution is 9.10. The van der Waals surface area contributed by atoms with E-state index in [1.54, 1.807) is 6.08 Å². The van der Waals surface area contributed by atoms with Crippen LogP contribution >= 0.6 is 15.9 Å². The van der Waals surface area contributed by atoms with Gasteiger partial charge >= 0.3 is 0 Å². The first-order chi connectivity index (χ1) is 11.2. The molecule has 0 aliphatic rings. The molecule has 0 aromatic heterocycles. The van der Waals surface area contributed by atoms with Gasteiger partial charge in [-0.25, -0.2) is 0 Å². The lowest BCUT2D eigenvalue weighted by Gasteiger charge is -2.07. The monoisotopic (exact) mass is 373 g/mol. The SMILES string of the molecule is CCOc1ccc(Br)cc1/C=C/C(=O)NCCc1ccccc1. The Morgan fingerprint density at radius 3 is 2.74 bits per heavy atom. The smallest absolute Gasteiger partial charge is 0.244 e. The van der Waals surface area contributed by atoms with Gasteiger partial charge in [-0.05, 0) is 43.2 Å². The maximum absolute atomic E-state index is 11.9. The summed E-state index contributed by atoms with van der Waals surface area (Å²) in [6.45, 7) is 3.14. The third kappa shape index (κ3) is 5.91. The van der Waals surface area contributed by atoms with Crippen molar-refractivity contribution in [1.82, 2.24) is 5.32 Å². The van der Waals surface area contributed by atoms with Crippen LogP contribution in [0.5, 0.6) is 5.75 Å². The van der Waals surface area contributed by atoms with Crippen molar-refractivity contribution in [3.05, 3.63) is 70.2 Å². The van der Waals surface area contributed by atoms with E-state index in [2.05, 4.69) is 33.4 Å². The number of carbonyl (C=O) groups is 1. The van der Waals surface area contributed by atoms with Crippen molar-refractivity contribution in [2.24, 2.45) is 0 Å². The number of halogens is 1. The molecule has 0 aliphatic carbocycles. The van der Waals surface area contributed by atoms with E-state index in [0.717, 1.165) is 22.2 Å². The summed E-state index contributed by atoms with van der Waals surface area (Å²) in [4.78, 5) is 11.9. The van der Waals surface area contributed by atoms with Gasteiger partial charge < -0.3 is 10.1 Å². The third-order valence-electron chi connectivity index (χ3n) is 3.24. The van der Waals surface area contributed by atoms with Crippen LogP contribution in [0.15, 0.2) is 59.1 Å². The second-order valence-corrected chi connectivity index (χ2v) is 5.89. The Bertz CT molecular complexity index is 668. The summed E-state index contributed by atoms with van der Waals surface area (Å²) in [6, 6.07) is 15.8. The van der Waals surface area contributed by atoms with Crippen LogP contribution in [0.4, 0.5) is 0 Å². The van der Waals surface area contributed by atoms with Crippen LogP contribution in [0.2, 0.25) is 0 Å². The molecule has 0 saturated carbocycles. The summed E-state index contributed by atoms with van der Waals surface area (Å²) in [5.41, 5.74) is 2.09. The summed E-state index contributed by atoms with van der Waals surface area (Å²) in [5, 5.41) is 2.89. The Balaban J connectivity index is 1.89. The molecule has 0 radical (unpaired) electrons. The molecule has 0 atom stereocenters. The molecule has 120 valence electrons. The number of benzene rings is 2. The molecular weight excluding hydrogens is 354 g/mol. The van der Waals surface area contributed by atoms with Gasteiger partial charge in [0.05, 0.1) is 6.61 Å². The van der Waals surface area contributed by atoms with Crippen molar-refractivity contribution in [3.8, 4) is 5.75 Å². The van der Waals surface area contributed by atoms with Crippen molar-refractivity contribution >= 4 is 27.9 Å². The van der Waals surface area contributed by atoms with E-state index in [9.17, 15) is 4.79 Å². The number of rotatable bonds is 7. The molecule has 0 saturated heterocycles. The lowest BCUT2D eigenvalue weighted by Crippen LogP contribution is -2.23. The van der Waals surface area contributed by atoms with Gasteiger partial charge in [0, 0.05) is 22.7 Å². The van der Waals surface area contributed by atoms with Gasteiger partial charge in [-0.3, -0.25) is 4.79 Å². The van der Waals surface area contributed by atoms with Crippen LogP contribution in [0.25, 0.3) is 6.08 Å². The first-order valence-electron chi connectivity index (χ1n) is 7.61.